The van der Waals surface area contributed by atoms with Crippen molar-refractivity contribution in [3.05, 3.63) is 0 Å². The third-order valence-corrected chi connectivity index (χ3v) is 4.25. The van der Waals surface area contributed by atoms with E-state index in [1.807, 2.05) is 13.8 Å². The summed E-state index contributed by atoms with van der Waals surface area (Å²) in [4.78, 5) is 27.8. The Labute approximate surface area is 109 Å². The molecule has 2 saturated heterocycles. The second kappa shape index (κ2) is 5.00. The number of rotatable bonds is 3. The molecule has 0 radical (unpaired) electrons. The number of carbonyl (C=O) groups excluding carboxylic acids is 2. The van der Waals surface area contributed by atoms with Gasteiger partial charge in [-0.15, -0.1) is 0 Å². The first-order valence-corrected chi connectivity index (χ1v) is 6.89. The number of hydrogen-bond acceptors (Lipinski definition) is 3. The Morgan fingerprint density at radius 2 is 2.17 bits per heavy atom. The van der Waals surface area contributed by atoms with Crippen molar-refractivity contribution in [2.45, 2.75) is 45.1 Å². The summed E-state index contributed by atoms with van der Waals surface area (Å²) in [5.41, 5.74) is -0.277. The summed E-state index contributed by atoms with van der Waals surface area (Å²) in [5, 5.41) is 0. The summed E-state index contributed by atoms with van der Waals surface area (Å²) in [5.74, 6) is 0.995. The van der Waals surface area contributed by atoms with Gasteiger partial charge in [-0.3, -0.25) is 9.59 Å². The number of amides is 1. The standard InChI is InChI=1S/C14H24N2O2/c1-14(2)8-12(17)10-16(14)13(18)5-4-11-6-7-15(3)9-11/h11H,4-10H2,1-3H3. The van der Waals surface area contributed by atoms with Crippen LogP contribution in [0.15, 0.2) is 0 Å². The van der Waals surface area contributed by atoms with Crippen molar-refractivity contribution in [3.8, 4) is 0 Å². The average molecular weight is 252 g/mol. The molecule has 0 spiro atoms. The molecule has 0 aliphatic carbocycles. The van der Waals surface area contributed by atoms with E-state index in [-0.39, 0.29) is 17.2 Å². The van der Waals surface area contributed by atoms with E-state index in [9.17, 15) is 9.59 Å². The first kappa shape index (κ1) is 13.5. The Kier molecular flexibility index (Phi) is 3.76. The highest BCUT2D eigenvalue weighted by molar-refractivity contribution is 5.91. The molecular formula is C14H24N2O2. The van der Waals surface area contributed by atoms with Crippen molar-refractivity contribution < 1.29 is 9.59 Å². The van der Waals surface area contributed by atoms with Crippen molar-refractivity contribution in [1.29, 1.82) is 0 Å². The zero-order chi connectivity index (χ0) is 13.3. The van der Waals surface area contributed by atoms with E-state index in [2.05, 4.69) is 11.9 Å². The van der Waals surface area contributed by atoms with Crippen LogP contribution in [0.1, 0.15) is 39.5 Å². The highest BCUT2D eigenvalue weighted by atomic mass is 16.2. The molecule has 0 aromatic rings. The molecule has 0 aromatic heterocycles. The minimum Gasteiger partial charge on any atom is -0.330 e. The number of hydrogen-bond donors (Lipinski definition) is 0. The minimum atomic E-state index is -0.277. The number of likely N-dealkylation sites (tertiary alicyclic amines) is 2. The van der Waals surface area contributed by atoms with Crippen LogP contribution in [0.4, 0.5) is 0 Å². The maximum atomic E-state index is 12.2. The molecule has 4 nitrogen and oxygen atoms in total. The highest BCUT2D eigenvalue weighted by Gasteiger charge is 2.40. The normalized spacial score (nSPS) is 28.1. The highest BCUT2D eigenvalue weighted by Crippen LogP contribution is 2.28. The second-order valence-corrected chi connectivity index (χ2v) is 6.46. The van der Waals surface area contributed by atoms with Gasteiger partial charge in [0.2, 0.25) is 5.91 Å². The molecule has 0 bridgehead atoms. The maximum absolute atomic E-state index is 12.2. The van der Waals surface area contributed by atoms with Crippen LogP contribution in [0.2, 0.25) is 0 Å². The van der Waals surface area contributed by atoms with Gasteiger partial charge in [0, 0.05) is 24.9 Å². The van der Waals surface area contributed by atoms with Gasteiger partial charge in [-0.05, 0) is 46.2 Å². The van der Waals surface area contributed by atoms with E-state index in [0.29, 0.717) is 25.3 Å². The summed E-state index contributed by atoms with van der Waals surface area (Å²) in [6.07, 6.45) is 3.26. The van der Waals surface area contributed by atoms with Crippen LogP contribution in [0.25, 0.3) is 0 Å². The zero-order valence-corrected chi connectivity index (χ0v) is 11.7. The molecule has 2 fully saturated rings. The maximum Gasteiger partial charge on any atom is 0.223 e. The zero-order valence-electron chi connectivity index (χ0n) is 11.7. The first-order valence-electron chi connectivity index (χ1n) is 6.89. The third kappa shape index (κ3) is 2.91. The Balaban J connectivity index is 1.83. The Morgan fingerprint density at radius 1 is 1.44 bits per heavy atom. The molecule has 2 aliphatic rings. The average Bonchev–Trinajstić information content (AvgIpc) is 2.78. The lowest BCUT2D eigenvalue weighted by molar-refractivity contribution is -0.135. The molecule has 2 aliphatic heterocycles. The smallest absolute Gasteiger partial charge is 0.223 e. The lowest BCUT2D eigenvalue weighted by Crippen LogP contribution is -2.42. The van der Waals surface area contributed by atoms with E-state index < -0.39 is 0 Å². The topological polar surface area (TPSA) is 40.6 Å². The molecule has 2 heterocycles. The van der Waals surface area contributed by atoms with Crippen LogP contribution in [0.5, 0.6) is 0 Å². The van der Waals surface area contributed by atoms with Gasteiger partial charge < -0.3 is 9.80 Å². The quantitative estimate of drug-likeness (QED) is 0.760. The van der Waals surface area contributed by atoms with Crippen molar-refractivity contribution in [3.63, 3.8) is 0 Å². The van der Waals surface area contributed by atoms with Crippen LogP contribution in [-0.2, 0) is 9.59 Å². The number of ketones is 1. The molecule has 102 valence electrons. The number of carbonyl (C=O) groups is 2. The van der Waals surface area contributed by atoms with Gasteiger partial charge in [-0.1, -0.05) is 0 Å². The van der Waals surface area contributed by atoms with Crippen LogP contribution >= 0.6 is 0 Å². The SMILES string of the molecule is CN1CCC(CCC(=O)N2CC(=O)CC2(C)C)C1. The largest absolute Gasteiger partial charge is 0.330 e. The Hall–Kier alpha value is -0.900. The van der Waals surface area contributed by atoms with Crippen LogP contribution < -0.4 is 0 Å². The van der Waals surface area contributed by atoms with Crippen molar-refractivity contribution in [1.82, 2.24) is 9.80 Å². The first-order chi connectivity index (χ1) is 8.38. The predicted octanol–water partition coefficient (Wildman–Crippen LogP) is 1.30. The Morgan fingerprint density at radius 3 is 2.67 bits per heavy atom. The van der Waals surface area contributed by atoms with E-state index in [0.717, 1.165) is 19.5 Å². The van der Waals surface area contributed by atoms with Crippen molar-refractivity contribution in [2.75, 3.05) is 26.7 Å². The van der Waals surface area contributed by atoms with Gasteiger partial charge in [0.1, 0.15) is 0 Å². The monoisotopic (exact) mass is 252 g/mol. The molecule has 1 amide bonds. The van der Waals surface area contributed by atoms with E-state index in [1.54, 1.807) is 4.90 Å². The lowest BCUT2D eigenvalue weighted by atomic mass is 9.99. The van der Waals surface area contributed by atoms with Gasteiger partial charge >= 0.3 is 0 Å². The molecule has 0 N–H and O–H groups in total. The van der Waals surface area contributed by atoms with Gasteiger partial charge in [0.05, 0.1) is 6.54 Å². The fourth-order valence-corrected chi connectivity index (χ4v) is 3.17. The molecule has 1 unspecified atom stereocenters. The van der Waals surface area contributed by atoms with Crippen molar-refractivity contribution in [2.24, 2.45) is 5.92 Å². The molecule has 1 atom stereocenters. The Bertz CT molecular complexity index is 352. The molecular weight excluding hydrogens is 228 g/mol. The number of Topliss-reactive ketones (excluding diaryl/α,β-unsaturated/α-hetero) is 1. The van der Waals surface area contributed by atoms with Crippen LogP contribution in [0.3, 0.4) is 0 Å². The van der Waals surface area contributed by atoms with Crippen LogP contribution in [-0.4, -0.2) is 53.7 Å². The molecule has 18 heavy (non-hydrogen) atoms. The summed E-state index contributed by atoms with van der Waals surface area (Å²) in [6.45, 7) is 6.54. The minimum absolute atomic E-state index is 0.153. The summed E-state index contributed by atoms with van der Waals surface area (Å²) in [6, 6.07) is 0. The van der Waals surface area contributed by atoms with E-state index in [4.69, 9.17) is 0 Å². The van der Waals surface area contributed by atoms with E-state index in [1.165, 1.54) is 6.42 Å². The summed E-state index contributed by atoms with van der Waals surface area (Å²) < 4.78 is 0. The number of nitrogens with zero attached hydrogens (tertiary/aromatic N) is 2. The van der Waals surface area contributed by atoms with Gasteiger partial charge in [-0.25, -0.2) is 0 Å². The fraction of sp³-hybridized carbons (Fsp3) is 0.857. The van der Waals surface area contributed by atoms with Crippen LogP contribution in [0, 0.1) is 5.92 Å². The molecule has 0 aromatic carbocycles. The van der Waals surface area contributed by atoms with Crippen molar-refractivity contribution >= 4 is 11.7 Å². The van der Waals surface area contributed by atoms with Gasteiger partial charge in [0.15, 0.2) is 5.78 Å². The van der Waals surface area contributed by atoms with E-state index >= 15 is 0 Å². The third-order valence-electron chi connectivity index (χ3n) is 4.25. The predicted molar refractivity (Wildman–Crippen MR) is 70.3 cm³/mol. The fourth-order valence-electron chi connectivity index (χ4n) is 3.17. The molecule has 4 heteroatoms. The second-order valence-electron chi connectivity index (χ2n) is 6.46. The molecule has 0 saturated carbocycles. The molecule has 2 rings (SSSR count). The summed E-state index contributed by atoms with van der Waals surface area (Å²) >= 11 is 0. The summed E-state index contributed by atoms with van der Waals surface area (Å²) in [7, 11) is 2.13. The van der Waals surface area contributed by atoms with Gasteiger partial charge in [-0.2, -0.15) is 0 Å². The van der Waals surface area contributed by atoms with Gasteiger partial charge in [0.25, 0.3) is 0 Å². The lowest BCUT2D eigenvalue weighted by Gasteiger charge is -2.31.